The largest absolute Gasteiger partial charge is 0.399 e. The first-order chi connectivity index (χ1) is 9.25. The standard InChI is InChI=1S/C13H10BrN5/c14-12-7-6-9(15)8-11(12)13-16-17-18-19(13)10-4-2-1-3-5-10/h1-8H,15H2. The molecule has 0 atom stereocenters. The number of anilines is 1. The Morgan fingerprint density at radius 3 is 2.63 bits per heavy atom. The van der Waals surface area contributed by atoms with Gasteiger partial charge < -0.3 is 5.73 Å². The summed E-state index contributed by atoms with van der Waals surface area (Å²) in [5.41, 5.74) is 8.25. The first-order valence-electron chi connectivity index (χ1n) is 5.65. The number of hydrogen-bond acceptors (Lipinski definition) is 4. The average molecular weight is 316 g/mol. The molecule has 0 aliphatic carbocycles. The fourth-order valence-corrected chi connectivity index (χ4v) is 2.24. The minimum Gasteiger partial charge on any atom is -0.399 e. The molecule has 0 fully saturated rings. The zero-order chi connectivity index (χ0) is 13.2. The van der Waals surface area contributed by atoms with Crippen molar-refractivity contribution in [2.45, 2.75) is 0 Å². The molecule has 0 aliphatic rings. The summed E-state index contributed by atoms with van der Waals surface area (Å²) in [6.07, 6.45) is 0. The molecule has 3 rings (SSSR count). The Kier molecular flexibility index (Phi) is 3.00. The molecule has 2 aromatic carbocycles. The second-order valence-electron chi connectivity index (χ2n) is 3.99. The number of benzene rings is 2. The highest BCUT2D eigenvalue weighted by Crippen LogP contribution is 2.29. The maximum atomic E-state index is 5.82. The Balaban J connectivity index is 2.18. The number of nitrogens with zero attached hydrogens (tertiary/aromatic N) is 4. The van der Waals surface area contributed by atoms with Gasteiger partial charge in [0.15, 0.2) is 5.82 Å². The number of nitrogens with two attached hydrogens (primary N) is 1. The third-order valence-corrected chi connectivity index (χ3v) is 3.39. The van der Waals surface area contributed by atoms with Crippen molar-refractivity contribution < 1.29 is 0 Å². The second kappa shape index (κ2) is 4.81. The molecule has 6 heteroatoms. The minimum absolute atomic E-state index is 0.644. The van der Waals surface area contributed by atoms with E-state index in [1.54, 1.807) is 4.68 Å². The molecule has 0 aliphatic heterocycles. The fourth-order valence-electron chi connectivity index (χ4n) is 1.81. The van der Waals surface area contributed by atoms with Gasteiger partial charge in [0, 0.05) is 15.7 Å². The van der Waals surface area contributed by atoms with E-state index in [1.807, 2.05) is 48.5 Å². The summed E-state index contributed by atoms with van der Waals surface area (Å²) in [5, 5.41) is 11.9. The van der Waals surface area contributed by atoms with Crippen LogP contribution in [0, 0.1) is 0 Å². The maximum Gasteiger partial charge on any atom is 0.188 e. The minimum atomic E-state index is 0.644. The highest BCUT2D eigenvalue weighted by atomic mass is 79.9. The number of tetrazole rings is 1. The summed E-state index contributed by atoms with van der Waals surface area (Å²) >= 11 is 3.49. The number of para-hydroxylation sites is 1. The third kappa shape index (κ3) is 2.22. The van der Waals surface area contributed by atoms with Crippen LogP contribution in [0.1, 0.15) is 0 Å². The van der Waals surface area contributed by atoms with E-state index in [4.69, 9.17) is 5.73 Å². The lowest BCUT2D eigenvalue weighted by atomic mass is 10.2. The van der Waals surface area contributed by atoms with Crippen LogP contribution in [0.5, 0.6) is 0 Å². The van der Waals surface area contributed by atoms with Gasteiger partial charge in [-0.15, -0.1) is 5.10 Å². The normalized spacial score (nSPS) is 10.6. The maximum absolute atomic E-state index is 5.82. The number of hydrogen-bond donors (Lipinski definition) is 1. The number of halogens is 1. The smallest absolute Gasteiger partial charge is 0.188 e. The molecule has 1 aromatic heterocycles. The van der Waals surface area contributed by atoms with Crippen LogP contribution in [0.25, 0.3) is 17.1 Å². The summed E-state index contributed by atoms with van der Waals surface area (Å²) in [5.74, 6) is 0.644. The molecule has 5 nitrogen and oxygen atoms in total. The molecule has 3 aromatic rings. The van der Waals surface area contributed by atoms with E-state index in [9.17, 15) is 0 Å². The van der Waals surface area contributed by atoms with Crippen molar-refractivity contribution in [3.8, 4) is 17.1 Å². The average Bonchev–Trinajstić information content (AvgIpc) is 2.91. The van der Waals surface area contributed by atoms with E-state index >= 15 is 0 Å². The van der Waals surface area contributed by atoms with E-state index in [0.29, 0.717) is 11.5 Å². The van der Waals surface area contributed by atoms with Gasteiger partial charge in [0.2, 0.25) is 0 Å². The Bertz CT molecular complexity index is 708. The first-order valence-corrected chi connectivity index (χ1v) is 6.44. The van der Waals surface area contributed by atoms with Gasteiger partial charge in [0.25, 0.3) is 0 Å². The van der Waals surface area contributed by atoms with Crippen LogP contribution in [0.3, 0.4) is 0 Å². The molecule has 94 valence electrons. The van der Waals surface area contributed by atoms with Crippen LogP contribution in [0.2, 0.25) is 0 Å². The Hall–Kier alpha value is -2.21. The molecule has 0 bridgehead atoms. The van der Waals surface area contributed by atoms with Crippen molar-refractivity contribution >= 4 is 21.6 Å². The van der Waals surface area contributed by atoms with Crippen molar-refractivity contribution in [1.82, 2.24) is 20.2 Å². The van der Waals surface area contributed by atoms with Crippen molar-refractivity contribution in [3.05, 3.63) is 53.0 Å². The van der Waals surface area contributed by atoms with Gasteiger partial charge in [-0.25, -0.2) is 0 Å². The predicted molar refractivity (Wildman–Crippen MR) is 76.7 cm³/mol. The van der Waals surface area contributed by atoms with E-state index in [0.717, 1.165) is 15.7 Å². The third-order valence-electron chi connectivity index (χ3n) is 2.70. The van der Waals surface area contributed by atoms with Crippen LogP contribution in [-0.2, 0) is 0 Å². The molecule has 2 N–H and O–H groups in total. The SMILES string of the molecule is Nc1ccc(Br)c(-c2nnnn2-c2ccccc2)c1. The summed E-state index contributed by atoms with van der Waals surface area (Å²) in [4.78, 5) is 0. The number of aromatic nitrogens is 4. The molecule has 0 spiro atoms. The van der Waals surface area contributed by atoms with Crippen LogP contribution in [0.4, 0.5) is 5.69 Å². The predicted octanol–water partition coefficient (Wildman–Crippen LogP) is 2.67. The quantitative estimate of drug-likeness (QED) is 0.738. The highest BCUT2D eigenvalue weighted by molar-refractivity contribution is 9.10. The lowest BCUT2D eigenvalue weighted by molar-refractivity contribution is 0.791. The highest BCUT2D eigenvalue weighted by Gasteiger charge is 2.13. The van der Waals surface area contributed by atoms with E-state index in [2.05, 4.69) is 31.5 Å². The molecule has 0 saturated heterocycles. The Labute approximate surface area is 118 Å². The van der Waals surface area contributed by atoms with Crippen molar-refractivity contribution in [2.75, 3.05) is 5.73 Å². The van der Waals surface area contributed by atoms with E-state index in [-0.39, 0.29) is 0 Å². The van der Waals surface area contributed by atoms with Crippen LogP contribution in [0.15, 0.2) is 53.0 Å². The molecular formula is C13H10BrN5. The monoisotopic (exact) mass is 315 g/mol. The molecule has 0 saturated carbocycles. The van der Waals surface area contributed by atoms with E-state index in [1.165, 1.54) is 0 Å². The summed E-state index contributed by atoms with van der Waals surface area (Å²) in [7, 11) is 0. The van der Waals surface area contributed by atoms with Gasteiger partial charge in [0.1, 0.15) is 0 Å². The molecule has 19 heavy (non-hydrogen) atoms. The number of nitrogen functional groups attached to an aromatic ring is 1. The summed E-state index contributed by atoms with van der Waals surface area (Å²) in [6.45, 7) is 0. The van der Waals surface area contributed by atoms with Gasteiger partial charge in [0.05, 0.1) is 5.69 Å². The first kappa shape index (κ1) is 11.9. The van der Waals surface area contributed by atoms with Crippen LogP contribution >= 0.6 is 15.9 Å². The Morgan fingerprint density at radius 1 is 1.05 bits per heavy atom. The lowest BCUT2D eigenvalue weighted by Gasteiger charge is -2.06. The zero-order valence-electron chi connectivity index (χ0n) is 9.86. The van der Waals surface area contributed by atoms with Gasteiger partial charge in [-0.2, -0.15) is 4.68 Å². The van der Waals surface area contributed by atoms with Crippen molar-refractivity contribution in [2.24, 2.45) is 0 Å². The molecule has 1 heterocycles. The molecule has 0 unspecified atom stereocenters. The number of rotatable bonds is 2. The van der Waals surface area contributed by atoms with Gasteiger partial charge >= 0.3 is 0 Å². The summed E-state index contributed by atoms with van der Waals surface area (Å²) in [6, 6.07) is 15.3. The van der Waals surface area contributed by atoms with Gasteiger partial charge in [-0.3, -0.25) is 0 Å². The van der Waals surface area contributed by atoms with Crippen LogP contribution < -0.4 is 5.73 Å². The van der Waals surface area contributed by atoms with Crippen molar-refractivity contribution in [1.29, 1.82) is 0 Å². The topological polar surface area (TPSA) is 69.6 Å². The van der Waals surface area contributed by atoms with Gasteiger partial charge in [-0.1, -0.05) is 34.1 Å². The van der Waals surface area contributed by atoms with Crippen molar-refractivity contribution in [3.63, 3.8) is 0 Å². The van der Waals surface area contributed by atoms with E-state index < -0.39 is 0 Å². The van der Waals surface area contributed by atoms with Gasteiger partial charge in [-0.05, 0) is 40.8 Å². The fraction of sp³-hybridized carbons (Fsp3) is 0. The Morgan fingerprint density at radius 2 is 1.84 bits per heavy atom. The molecular weight excluding hydrogens is 306 g/mol. The zero-order valence-corrected chi connectivity index (χ0v) is 11.4. The lowest BCUT2D eigenvalue weighted by Crippen LogP contribution is -2.00. The van der Waals surface area contributed by atoms with Crippen LogP contribution in [-0.4, -0.2) is 20.2 Å². The summed E-state index contributed by atoms with van der Waals surface area (Å²) < 4.78 is 2.58. The second-order valence-corrected chi connectivity index (χ2v) is 4.84. The molecule has 0 amide bonds. The molecule has 0 radical (unpaired) electrons.